The van der Waals surface area contributed by atoms with E-state index in [1.165, 1.54) is 12.1 Å². The Balaban J connectivity index is 2.77. The number of carbonyl (C=O) groups is 1. The molecule has 0 aliphatic carbocycles. The topological polar surface area (TPSA) is 72.2 Å². The van der Waals surface area contributed by atoms with Crippen molar-refractivity contribution in [3.8, 4) is 0 Å². The van der Waals surface area contributed by atoms with E-state index in [9.17, 15) is 14.9 Å². The Morgan fingerprint density at radius 3 is 2.84 bits per heavy atom. The Morgan fingerprint density at radius 2 is 2.26 bits per heavy atom. The van der Waals surface area contributed by atoms with Crippen LogP contribution in [0.25, 0.3) is 0 Å². The SMILES string of the molecule is CCSCC(C)NC(=O)c1ccc(Br)c([N+](=O)[O-])c1. The molecule has 1 atom stereocenters. The van der Waals surface area contributed by atoms with Crippen molar-refractivity contribution in [2.75, 3.05) is 11.5 Å². The zero-order valence-electron chi connectivity index (χ0n) is 10.7. The number of nitro groups is 1. The molecule has 1 rings (SSSR count). The number of nitrogens with one attached hydrogen (secondary N) is 1. The minimum Gasteiger partial charge on any atom is -0.349 e. The van der Waals surface area contributed by atoms with Crippen LogP contribution in [0, 0.1) is 10.1 Å². The van der Waals surface area contributed by atoms with Crippen molar-refractivity contribution in [2.24, 2.45) is 0 Å². The van der Waals surface area contributed by atoms with Crippen molar-refractivity contribution < 1.29 is 9.72 Å². The number of nitro benzene ring substituents is 1. The molecule has 0 saturated carbocycles. The lowest BCUT2D eigenvalue weighted by Crippen LogP contribution is -2.34. The van der Waals surface area contributed by atoms with E-state index >= 15 is 0 Å². The van der Waals surface area contributed by atoms with Gasteiger partial charge in [0.05, 0.1) is 9.40 Å². The Morgan fingerprint density at radius 1 is 1.58 bits per heavy atom. The summed E-state index contributed by atoms with van der Waals surface area (Å²) in [5, 5.41) is 13.6. The summed E-state index contributed by atoms with van der Waals surface area (Å²) in [7, 11) is 0. The maximum absolute atomic E-state index is 11.9. The van der Waals surface area contributed by atoms with Gasteiger partial charge in [-0.2, -0.15) is 11.8 Å². The Kier molecular flexibility index (Phi) is 6.30. The molecule has 0 aromatic heterocycles. The second-order valence-electron chi connectivity index (χ2n) is 3.96. The van der Waals surface area contributed by atoms with Crippen LogP contribution in [-0.2, 0) is 0 Å². The van der Waals surface area contributed by atoms with Crippen LogP contribution in [0.1, 0.15) is 24.2 Å². The number of hydrogen-bond acceptors (Lipinski definition) is 4. The first-order chi connectivity index (χ1) is 8.95. The van der Waals surface area contributed by atoms with Crippen molar-refractivity contribution in [1.29, 1.82) is 0 Å². The lowest BCUT2D eigenvalue weighted by Gasteiger charge is -2.13. The van der Waals surface area contributed by atoms with Crippen molar-refractivity contribution in [3.63, 3.8) is 0 Å². The molecule has 0 heterocycles. The predicted molar refractivity (Wildman–Crippen MR) is 80.7 cm³/mol. The lowest BCUT2D eigenvalue weighted by atomic mass is 10.2. The highest BCUT2D eigenvalue weighted by molar-refractivity contribution is 9.10. The fourth-order valence-electron chi connectivity index (χ4n) is 1.44. The zero-order valence-corrected chi connectivity index (χ0v) is 13.1. The van der Waals surface area contributed by atoms with Gasteiger partial charge in [0, 0.05) is 23.4 Å². The van der Waals surface area contributed by atoms with Crippen LogP contribution in [0.5, 0.6) is 0 Å². The van der Waals surface area contributed by atoms with Gasteiger partial charge in [0.15, 0.2) is 0 Å². The summed E-state index contributed by atoms with van der Waals surface area (Å²) in [6.07, 6.45) is 0. The summed E-state index contributed by atoms with van der Waals surface area (Å²) in [4.78, 5) is 22.2. The number of thioether (sulfide) groups is 1. The van der Waals surface area contributed by atoms with Gasteiger partial charge in [0.1, 0.15) is 0 Å². The molecule has 1 unspecified atom stereocenters. The van der Waals surface area contributed by atoms with E-state index in [-0.39, 0.29) is 17.6 Å². The van der Waals surface area contributed by atoms with E-state index in [1.54, 1.807) is 17.8 Å². The molecule has 1 aromatic carbocycles. The van der Waals surface area contributed by atoms with Gasteiger partial charge >= 0.3 is 0 Å². The molecule has 1 N–H and O–H groups in total. The fraction of sp³-hybridized carbons (Fsp3) is 0.417. The van der Waals surface area contributed by atoms with E-state index in [2.05, 4.69) is 28.2 Å². The molecule has 5 nitrogen and oxygen atoms in total. The largest absolute Gasteiger partial charge is 0.349 e. The third-order valence-electron chi connectivity index (χ3n) is 2.35. The first-order valence-corrected chi connectivity index (χ1v) is 7.73. The molecule has 0 spiro atoms. The van der Waals surface area contributed by atoms with Gasteiger partial charge in [0.2, 0.25) is 0 Å². The summed E-state index contributed by atoms with van der Waals surface area (Å²) in [5.74, 6) is 1.52. The van der Waals surface area contributed by atoms with Gasteiger partial charge in [-0.3, -0.25) is 14.9 Å². The van der Waals surface area contributed by atoms with E-state index in [0.29, 0.717) is 10.0 Å². The average molecular weight is 347 g/mol. The number of benzene rings is 1. The second kappa shape index (κ2) is 7.49. The van der Waals surface area contributed by atoms with Crippen molar-refractivity contribution in [1.82, 2.24) is 5.32 Å². The summed E-state index contributed by atoms with van der Waals surface area (Å²) in [5.41, 5.74) is 0.187. The van der Waals surface area contributed by atoms with E-state index in [0.717, 1.165) is 11.5 Å². The predicted octanol–water partition coefficient (Wildman–Crippen LogP) is 3.23. The third-order valence-corrected chi connectivity index (χ3v) is 4.17. The normalized spacial score (nSPS) is 11.9. The van der Waals surface area contributed by atoms with Gasteiger partial charge in [-0.15, -0.1) is 0 Å². The van der Waals surface area contributed by atoms with Crippen molar-refractivity contribution in [3.05, 3.63) is 38.3 Å². The number of hydrogen-bond donors (Lipinski definition) is 1. The van der Waals surface area contributed by atoms with Gasteiger partial charge in [0.25, 0.3) is 11.6 Å². The first kappa shape index (κ1) is 16.0. The lowest BCUT2D eigenvalue weighted by molar-refractivity contribution is -0.385. The van der Waals surface area contributed by atoms with Crippen LogP contribution in [-0.4, -0.2) is 28.4 Å². The van der Waals surface area contributed by atoms with Crippen LogP contribution < -0.4 is 5.32 Å². The third kappa shape index (κ3) is 4.83. The van der Waals surface area contributed by atoms with Crippen LogP contribution in [0.3, 0.4) is 0 Å². The number of nitrogens with zero attached hydrogens (tertiary/aromatic N) is 1. The summed E-state index contributed by atoms with van der Waals surface area (Å²) >= 11 is 4.82. The number of halogens is 1. The Labute approximate surface area is 124 Å². The summed E-state index contributed by atoms with van der Waals surface area (Å²) < 4.78 is 0.364. The molecule has 1 aromatic rings. The zero-order chi connectivity index (χ0) is 14.4. The number of carbonyl (C=O) groups excluding carboxylic acids is 1. The molecule has 1 amide bonds. The second-order valence-corrected chi connectivity index (χ2v) is 6.13. The molecule has 0 aliphatic heterocycles. The van der Waals surface area contributed by atoms with E-state index in [4.69, 9.17) is 0 Å². The highest BCUT2D eigenvalue weighted by atomic mass is 79.9. The molecule has 104 valence electrons. The van der Waals surface area contributed by atoms with Crippen LogP contribution in [0.2, 0.25) is 0 Å². The number of amides is 1. The van der Waals surface area contributed by atoms with E-state index in [1.807, 2.05) is 6.92 Å². The molecule has 19 heavy (non-hydrogen) atoms. The maximum Gasteiger partial charge on any atom is 0.284 e. The van der Waals surface area contributed by atoms with E-state index < -0.39 is 4.92 Å². The van der Waals surface area contributed by atoms with Crippen molar-refractivity contribution >= 4 is 39.3 Å². The van der Waals surface area contributed by atoms with Gasteiger partial charge in [-0.25, -0.2) is 0 Å². The molecule has 0 fully saturated rings. The van der Waals surface area contributed by atoms with Crippen LogP contribution >= 0.6 is 27.7 Å². The first-order valence-electron chi connectivity index (χ1n) is 5.78. The molecular weight excluding hydrogens is 332 g/mol. The Hall–Kier alpha value is -1.08. The number of rotatable bonds is 6. The quantitative estimate of drug-likeness (QED) is 0.633. The van der Waals surface area contributed by atoms with Crippen LogP contribution in [0.15, 0.2) is 22.7 Å². The summed E-state index contributed by atoms with van der Waals surface area (Å²) in [6.45, 7) is 3.96. The summed E-state index contributed by atoms with van der Waals surface area (Å²) in [6, 6.07) is 4.38. The fourth-order valence-corrected chi connectivity index (χ4v) is 2.50. The highest BCUT2D eigenvalue weighted by Crippen LogP contribution is 2.25. The minimum atomic E-state index is -0.517. The Bertz CT molecular complexity index is 482. The monoisotopic (exact) mass is 346 g/mol. The molecule has 0 bridgehead atoms. The minimum absolute atomic E-state index is 0.0279. The molecule has 7 heteroatoms. The molecule has 0 aliphatic rings. The standard InChI is InChI=1S/C12H15BrN2O3S/c1-3-19-7-8(2)14-12(16)9-4-5-10(13)11(6-9)15(17)18/h4-6,8H,3,7H2,1-2H3,(H,14,16). The maximum atomic E-state index is 11.9. The van der Waals surface area contributed by atoms with Gasteiger partial charge < -0.3 is 5.32 Å². The van der Waals surface area contributed by atoms with Gasteiger partial charge in [-0.1, -0.05) is 6.92 Å². The van der Waals surface area contributed by atoms with Crippen molar-refractivity contribution in [2.45, 2.75) is 19.9 Å². The molecule has 0 saturated heterocycles. The molecular formula is C12H15BrN2O3S. The van der Waals surface area contributed by atoms with Crippen LogP contribution in [0.4, 0.5) is 5.69 Å². The molecule has 0 radical (unpaired) electrons. The smallest absolute Gasteiger partial charge is 0.284 e. The highest BCUT2D eigenvalue weighted by Gasteiger charge is 2.16. The van der Waals surface area contributed by atoms with Gasteiger partial charge in [-0.05, 0) is 40.7 Å². The average Bonchev–Trinajstić information content (AvgIpc) is 2.36.